The highest BCUT2D eigenvalue weighted by molar-refractivity contribution is 5.73. The zero-order valence-electron chi connectivity index (χ0n) is 14.1. The summed E-state index contributed by atoms with van der Waals surface area (Å²) in [6.07, 6.45) is 1.20. The van der Waals surface area contributed by atoms with Crippen molar-refractivity contribution >= 4 is 12.1 Å². The van der Waals surface area contributed by atoms with Crippen LogP contribution in [0.15, 0.2) is 0 Å². The molecule has 0 spiro atoms. The van der Waals surface area contributed by atoms with Gasteiger partial charge in [0.05, 0.1) is 5.41 Å². The van der Waals surface area contributed by atoms with E-state index in [0.29, 0.717) is 25.4 Å². The van der Waals surface area contributed by atoms with Gasteiger partial charge in [0.15, 0.2) is 0 Å². The first-order chi connectivity index (χ1) is 9.42. The molecule has 0 bridgehead atoms. The van der Waals surface area contributed by atoms with E-state index >= 15 is 0 Å². The summed E-state index contributed by atoms with van der Waals surface area (Å²) in [6, 6.07) is 0. The van der Waals surface area contributed by atoms with Gasteiger partial charge in [-0.05, 0) is 59.3 Å². The quantitative estimate of drug-likeness (QED) is 0.867. The molecule has 5 heteroatoms. The molecule has 1 aliphatic heterocycles. The van der Waals surface area contributed by atoms with Gasteiger partial charge in [-0.3, -0.25) is 4.79 Å². The summed E-state index contributed by atoms with van der Waals surface area (Å²) in [7, 11) is 0. The summed E-state index contributed by atoms with van der Waals surface area (Å²) in [5, 5.41) is 9.24. The predicted molar refractivity (Wildman–Crippen MR) is 81.1 cm³/mol. The average Bonchev–Trinajstić information content (AvgIpc) is 2.29. The van der Waals surface area contributed by atoms with E-state index < -0.39 is 17.0 Å². The van der Waals surface area contributed by atoms with Gasteiger partial charge in [0.2, 0.25) is 0 Å². The topological polar surface area (TPSA) is 66.8 Å². The third kappa shape index (κ3) is 5.21. The van der Waals surface area contributed by atoms with E-state index in [1.54, 1.807) is 18.7 Å². The van der Waals surface area contributed by atoms with Crippen LogP contribution in [0.4, 0.5) is 4.79 Å². The van der Waals surface area contributed by atoms with Crippen molar-refractivity contribution in [1.29, 1.82) is 0 Å². The Kier molecular flexibility index (Phi) is 5.29. The van der Waals surface area contributed by atoms with Crippen LogP contribution in [0.3, 0.4) is 0 Å². The summed E-state index contributed by atoms with van der Waals surface area (Å²) in [5.41, 5.74) is -1.20. The molecular formula is C16H29NO4. The molecule has 1 fully saturated rings. The van der Waals surface area contributed by atoms with Crippen LogP contribution in [0, 0.1) is 17.3 Å². The minimum Gasteiger partial charge on any atom is -0.481 e. The first-order valence-electron chi connectivity index (χ1n) is 7.64. The normalized spacial score (nSPS) is 23.8. The van der Waals surface area contributed by atoms with Gasteiger partial charge in [-0.2, -0.15) is 0 Å². The molecular weight excluding hydrogens is 270 g/mol. The van der Waals surface area contributed by atoms with E-state index in [4.69, 9.17) is 4.74 Å². The number of carboxylic acid groups (broad SMARTS) is 1. The van der Waals surface area contributed by atoms with Gasteiger partial charge in [-0.15, -0.1) is 0 Å². The lowest BCUT2D eigenvalue weighted by Crippen LogP contribution is -2.46. The summed E-state index contributed by atoms with van der Waals surface area (Å²) >= 11 is 0. The number of likely N-dealkylation sites (tertiary alicyclic amines) is 1. The lowest BCUT2D eigenvalue weighted by Gasteiger charge is -2.39. The smallest absolute Gasteiger partial charge is 0.410 e. The second-order valence-electron chi connectivity index (χ2n) is 7.85. The van der Waals surface area contributed by atoms with Crippen LogP contribution in [-0.2, 0) is 9.53 Å². The molecule has 122 valence electrons. The molecule has 1 aliphatic rings. The molecule has 2 atom stereocenters. The Balaban J connectivity index is 2.59. The summed E-state index contributed by atoms with van der Waals surface area (Å²) in [6.45, 7) is 12.5. The standard InChI is InChI=1S/C16H29NO4/c1-11-10-17(14(20)21-15(2,3)4)8-7-12(11)9-16(5,6)13(18)19/h11-12H,7-10H2,1-6H3,(H,18,19). The van der Waals surface area contributed by atoms with Crippen LogP contribution in [0.1, 0.15) is 54.4 Å². The van der Waals surface area contributed by atoms with Gasteiger partial charge in [0, 0.05) is 13.1 Å². The van der Waals surface area contributed by atoms with Gasteiger partial charge in [0.1, 0.15) is 5.60 Å². The largest absolute Gasteiger partial charge is 0.481 e. The number of carbonyl (C=O) groups is 2. The fraction of sp³-hybridized carbons (Fsp3) is 0.875. The molecule has 0 aromatic heterocycles. The maximum atomic E-state index is 12.1. The van der Waals surface area contributed by atoms with Crippen molar-refractivity contribution in [2.24, 2.45) is 17.3 Å². The van der Waals surface area contributed by atoms with E-state index in [1.807, 2.05) is 20.8 Å². The van der Waals surface area contributed by atoms with E-state index in [0.717, 1.165) is 6.42 Å². The van der Waals surface area contributed by atoms with E-state index in [1.165, 1.54) is 0 Å². The zero-order valence-corrected chi connectivity index (χ0v) is 14.1. The molecule has 0 aliphatic carbocycles. The monoisotopic (exact) mass is 299 g/mol. The zero-order chi connectivity index (χ0) is 16.4. The van der Waals surface area contributed by atoms with Crippen LogP contribution in [0.2, 0.25) is 0 Å². The molecule has 1 N–H and O–H groups in total. The number of piperidine rings is 1. The van der Waals surface area contributed by atoms with Gasteiger partial charge in [-0.25, -0.2) is 4.79 Å². The van der Waals surface area contributed by atoms with Gasteiger partial charge in [0.25, 0.3) is 0 Å². The Morgan fingerprint density at radius 3 is 2.24 bits per heavy atom. The van der Waals surface area contributed by atoms with Gasteiger partial charge < -0.3 is 14.7 Å². The highest BCUT2D eigenvalue weighted by Gasteiger charge is 2.37. The molecule has 0 aromatic rings. The fourth-order valence-electron chi connectivity index (χ4n) is 2.73. The lowest BCUT2D eigenvalue weighted by molar-refractivity contribution is -0.148. The number of hydrogen-bond donors (Lipinski definition) is 1. The molecule has 1 heterocycles. The van der Waals surface area contributed by atoms with Crippen LogP contribution in [0.25, 0.3) is 0 Å². The number of ether oxygens (including phenoxy) is 1. The second kappa shape index (κ2) is 6.24. The maximum absolute atomic E-state index is 12.1. The number of aliphatic carboxylic acids is 1. The minimum absolute atomic E-state index is 0.273. The van der Waals surface area contributed by atoms with Crippen molar-refractivity contribution in [3.63, 3.8) is 0 Å². The van der Waals surface area contributed by atoms with E-state index in [-0.39, 0.29) is 12.0 Å². The SMILES string of the molecule is CC1CN(C(=O)OC(C)(C)C)CCC1CC(C)(C)C(=O)O. The van der Waals surface area contributed by atoms with Crippen LogP contribution in [0.5, 0.6) is 0 Å². The van der Waals surface area contributed by atoms with Crippen molar-refractivity contribution in [3.05, 3.63) is 0 Å². The fourth-order valence-corrected chi connectivity index (χ4v) is 2.73. The highest BCUT2D eigenvalue weighted by atomic mass is 16.6. The molecule has 5 nitrogen and oxygen atoms in total. The van der Waals surface area contributed by atoms with Crippen LogP contribution in [-0.4, -0.2) is 40.8 Å². The van der Waals surface area contributed by atoms with E-state index in [2.05, 4.69) is 6.92 Å². The number of amides is 1. The number of hydrogen-bond acceptors (Lipinski definition) is 3. The molecule has 1 saturated heterocycles. The number of carboxylic acids is 1. The Bertz CT molecular complexity index is 398. The third-order valence-electron chi connectivity index (χ3n) is 4.09. The minimum atomic E-state index is -0.760. The molecule has 2 unspecified atom stereocenters. The van der Waals surface area contributed by atoms with Crippen LogP contribution >= 0.6 is 0 Å². The maximum Gasteiger partial charge on any atom is 0.410 e. The molecule has 0 radical (unpaired) electrons. The molecule has 1 amide bonds. The third-order valence-corrected chi connectivity index (χ3v) is 4.09. The van der Waals surface area contributed by atoms with Crippen LogP contribution < -0.4 is 0 Å². The Morgan fingerprint density at radius 2 is 1.81 bits per heavy atom. The molecule has 0 saturated carbocycles. The average molecular weight is 299 g/mol. The van der Waals surface area contributed by atoms with Crippen molar-refractivity contribution in [2.45, 2.75) is 60.0 Å². The first kappa shape index (κ1) is 17.8. The lowest BCUT2D eigenvalue weighted by atomic mass is 9.75. The van der Waals surface area contributed by atoms with Gasteiger partial charge in [-0.1, -0.05) is 6.92 Å². The summed E-state index contributed by atoms with van der Waals surface area (Å²) < 4.78 is 5.39. The predicted octanol–water partition coefficient (Wildman–Crippen LogP) is 3.38. The summed E-state index contributed by atoms with van der Waals surface area (Å²) in [4.78, 5) is 25.1. The molecule has 1 rings (SSSR count). The number of nitrogens with zero attached hydrogens (tertiary/aromatic N) is 1. The first-order valence-corrected chi connectivity index (χ1v) is 7.64. The second-order valence-corrected chi connectivity index (χ2v) is 7.85. The van der Waals surface area contributed by atoms with Crippen molar-refractivity contribution in [3.8, 4) is 0 Å². The van der Waals surface area contributed by atoms with Gasteiger partial charge >= 0.3 is 12.1 Å². The molecule has 0 aromatic carbocycles. The highest BCUT2D eigenvalue weighted by Crippen LogP contribution is 2.35. The Hall–Kier alpha value is -1.26. The number of rotatable bonds is 3. The number of carbonyl (C=O) groups excluding carboxylic acids is 1. The summed E-state index contributed by atoms with van der Waals surface area (Å²) in [5.74, 6) is -0.149. The van der Waals surface area contributed by atoms with Crippen molar-refractivity contribution in [1.82, 2.24) is 4.90 Å². The Labute approximate surface area is 127 Å². The molecule has 21 heavy (non-hydrogen) atoms. The Morgan fingerprint density at radius 1 is 1.24 bits per heavy atom. The van der Waals surface area contributed by atoms with Crippen molar-refractivity contribution in [2.75, 3.05) is 13.1 Å². The van der Waals surface area contributed by atoms with Crippen molar-refractivity contribution < 1.29 is 19.4 Å². The van der Waals surface area contributed by atoms with E-state index in [9.17, 15) is 14.7 Å².